The van der Waals surface area contributed by atoms with Gasteiger partial charge in [-0.2, -0.15) is 0 Å². The summed E-state index contributed by atoms with van der Waals surface area (Å²) in [6, 6.07) is 12.7. The molecule has 28 heavy (non-hydrogen) atoms. The van der Waals surface area contributed by atoms with E-state index in [4.69, 9.17) is 16.3 Å². The van der Waals surface area contributed by atoms with Crippen molar-refractivity contribution in [3.63, 3.8) is 0 Å². The van der Waals surface area contributed by atoms with Crippen molar-refractivity contribution in [2.24, 2.45) is 0 Å². The molecular weight excluding hydrogens is 400 g/mol. The predicted molar refractivity (Wildman–Crippen MR) is 113 cm³/mol. The van der Waals surface area contributed by atoms with Crippen LogP contribution in [0.25, 0.3) is 0 Å². The SMILES string of the molecule is COc1ccc(CCCNC(=O)CN(c2ccc(C)c(Cl)c2)S(C)(=O)=O)cc1. The van der Waals surface area contributed by atoms with Gasteiger partial charge in [0.2, 0.25) is 15.9 Å². The molecule has 0 aliphatic carbocycles. The lowest BCUT2D eigenvalue weighted by Crippen LogP contribution is -2.40. The Morgan fingerprint density at radius 2 is 1.86 bits per heavy atom. The fourth-order valence-corrected chi connectivity index (χ4v) is 3.66. The minimum atomic E-state index is -3.62. The molecule has 2 rings (SSSR count). The summed E-state index contributed by atoms with van der Waals surface area (Å²) >= 11 is 6.09. The van der Waals surface area contributed by atoms with Crippen LogP contribution in [-0.4, -0.2) is 40.8 Å². The van der Waals surface area contributed by atoms with Crippen LogP contribution in [0, 0.1) is 6.92 Å². The summed E-state index contributed by atoms with van der Waals surface area (Å²) in [5.74, 6) is 0.436. The average Bonchev–Trinajstić information content (AvgIpc) is 2.65. The summed E-state index contributed by atoms with van der Waals surface area (Å²) in [5, 5.41) is 3.22. The number of nitrogens with zero attached hydrogens (tertiary/aromatic N) is 1. The van der Waals surface area contributed by atoms with Crippen molar-refractivity contribution in [2.75, 3.05) is 30.8 Å². The predicted octanol–water partition coefficient (Wildman–Crippen LogP) is 3.17. The molecule has 0 aliphatic heterocycles. The number of hydrogen-bond donors (Lipinski definition) is 1. The number of carbonyl (C=O) groups excluding carboxylic acids is 1. The van der Waals surface area contributed by atoms with E-state index in [9.17, 15) is 13.2 Å². The van der Waals surface area contributed by atoms with Gasteiger partial charge < -0.3 is 10.1 Å². The molecule has 1 amide bonds. The Bertz CT molecular complexity index is 914. The fraction of sp³-hybridized carbons (Fsp3) is 0.350. The molecule has 1 N–H and O–H groups in total. The van der Waals surface area contributed by atoms with Gasteiger partial charge in [0.1, 0.15) is 12.3 Å². The molecule has 0 radical (unpaired) electrons. The van der Waals surface area contributed by atoms with Gasteiger partial charge in [-0.25, -0.2) is 8.42 Å². The minimum absolute atomic E-state index is 0.291. The van der Waals surface area contributed by atoms with Gasteiger partial charge >= 0.3 is 0 Å². The third kappa shape index (κ3) is 6.42. The number of anilines is 1. The molecule has 0 aromatic heterocycles. The summed E-state index contributed by atoms with van der Waals surface area (Å²) in [7, 11) is -2.00. The first kappa shape index (κ1) is 22.0. The van der Waals surface area contributed by atoms with Gasteiger partial charge in [0.15, 0.2) is 0 Å². The first-order valence-electron chi connectivity index (χ1n) is 8.84. The zero-order chi connectivity index (χ0) is 20.7. The first-order valence-corrected chi connectivity index (χ1v) is 11.1. The Balaban J connectivity index is 1.90. The van der Waals surface area contributed by atoms with Crippen molar-refractivity contribution < 1.29 is 17.9 Å². The maximum atomic E-state index is 12.3. The van der Waals surface area contributed by atoms with Gasteiger partial charge in [0.05, 0.1) is 19.1 Å². The molecule has 0 unspecified atom stereocenters. The molecule has 8 heteroatoms. The number of aryl methyl sites for hydroxylation is 2. The molecule has 0 saturated carbocycles. The van der Waals surface area contributed by atoms with Crippen LogP contribution in [0.1, 0.15) is 17.5 Å². The lowest BCUT2D eigenvalue weighted by Gasteiger charge is -2.22. The van der Waals surface area contributed by atoms with E-state index >= 15 is 0 Å². The standard InChI is InChI=1S/C20H25ClN2O4S/c1-15-6-9-17(13-19(15)21)23(28(3,25)26)14-20(24)22-12-4-5-16-7-10-18(27-2)11-8-16/h6-11,13H,4-5,12,14H2,1-3H3,(H,22,24). The molecule has 0 spiro atoms. The minimum Gasteiger partial charge on any atom is -0.497 e. The van der Waals surface area contributed by atoms with Crippen LogP contribution in [0.3, 0.4) is 0 Å². The Hall–Kier alpha value is -2.25. The summed E-state index contributed by atoms with van der Waals surface area (Å²) in [5.41, 5.74) is 2.34. The summed E-state index contributed by atoms with van der Waals surface area (Å²) in [6.07, 6.45) is 2.61. The van der Waals surface area contributed by atoms with Crippen LogP contribution in [0.15, 0.2) is 42.5 Å². The van der Waals surface area contributed by atoms with E-state index in [0.29, 0.717) is 17.3 Å². The van der Waals surface area contributed by atoms with Crippen molar-refractivity contribution in [1.82, 2.24) is 5.32 Å². The number of benzene rings is 2. The Labute approximate surface area is 171 Å². The van der Waals surface area contributed by atoms with E-state index in [1.165, 1.54) is 0 Å². The van der Waals surface area contributed by atoms with E-state index < -0.39 is 10.0 Å². The van der Waals surface area contributed by atoms with Crippen molar-refractivity contribution in [1.29, 1.82) is 0 Å². The van der Waals surface area contributed by atoms with Crippen LogP contribution in [0.5, 0.6) is 5.75 Å². The maximum absolute atomic E-state index is 12.3. The van der Waals surface area contributed by atoms with Gasteiger partial charge in [0, 0.05) is 11.6 Å². The second-order valence-corrected chi connectivity index (χ2v) is 8.82. The molecule has 0 heterocycles. The van der Waals surface area contributed by atoms with E-state index in [1.54, 1.807) is 25.3 Å². The molecule has 0 fully saturated rings. The van der Waals surface area contributed by atoms with Gasteiger partial charge in [-0.15, -0.1) is 0 Å². The molecular formula is C20H25ClN2O4S. The quantitative estimate of drug-likeness (QED) is 0.627. The Morgan fingerprint density at radius 1 is 1.18 bits per heavy atom. The van der Waals surface area contributed by atoms with Crippen molar-refractivity contribution >= 4 is 33.2 Å². The number of methoxy groups -OCH3 is 1. The number of carbonyl (C=O) groups is 1. The van der Waals surface area contributed by atoms with Crippen molar-refractivity contribution in [3.8, 4) is 5.75 Å². The smallest absolute Gasteiger partial charge is 0.240 e. The molecule has 2 aromatic rings. The Morgan fingerprint density at radius 3 is 2.43 bits per heavy atom. The van der Waals surface area contributed by atoms with E-state index in [-0.39, 0.29) is 12.5 Å². The number of nitrogens with one attached hydrogen (secondary N) is 1. The largest absolute Gasteiger partial charge is 0.497 e. The lowest BCUT2D eigenvalue weighted by atomic mass is 10.1. The van der Waals surface area contributed by atoms with Crippen LogP contribution >= 0.6 is 11.6 Å². The highest BCUT2D eigenvalue weighted by atomic mass is 35.5. The molecule has 0 saturated heterocycles. The highest BCUT2D eigenvalue weighted by molar-refractivity contribution is 7.92. The third-order valence-electron chi connectivity index (χ3n) is 4.25. The van der Waals surface area contributed by atoms with E-state index in [1.807, 2.05) is 31.2 Å². The van der Waals surface area contributed by atoms with Gasteiger partial charge in [0.25, 0.3) is 0 Å². The van der Waals surface area contributed by atoms with Gasteiger partial charge in [-0.1, -0.05) is 29.8 Å². The highest BCUT2D eigenvalue weighted by Crippen LogP contribution is 2.24. The number of rotatable bonds is 9. The van der Waals surface area contributed by atoms with Crippen LogP contribution in [0.4, 0.5) is 5.69 Å². The number of halogens is 1. The number of amides is 1. The third-order valence-corrected chi connectivity index (χ3v) is 5.80. The average molecular weight is 425 g/mol. The van der Waals surface area contributed by atoms with Gasteiger partial charge in [-0.3, -0.25) is 9.10 Å². The molecule has 152 valence electrons. The van der Waals surface area contributed by atoms with Gasteiger partial charge in [-0.05, 0) is 55.2 Å². The molecule has 0 aliphatic rings. The highest BCUT2D eigenvalue weighted by Gasteiger charge is 2.21. The van der Waals surface area contributed by atoms with Crippen molar-refractivity contribution in [2.45, 2.75) is 19.8 Å². The van der Waals surface area contributed by atoms with E-state index in [2.05, 4.69) is 5.32 Å². The number of hydrogen-bond acceptors (Lipinski definition) is 4. The second-order valence-electron chi connectivity index (χ2n) is 6.50. The van der Waals surface area contributed by atoms with Crippen LogP contribution < -0.4 is 14.4 Å². The van der Waals surface area contributed by atoms with E-state index in [0.717, 1.165) is 40.3 Å². The number of sulfonamides is 1. The fourth-order valence-electron chi connectivity index (χ4n) is 2.64. The number of ether oxygens (including phenoxy) is 1. The first-order chi connectivity index (χ1) is 13.2. The topological polar surface area (TPSA) is 75.7 Å². The summed E-state index contributed by atoms with van der Waals surface area (Å²) in [6.45, 7) is 1.99. The summed E-state index contributed by atoms with van der Waals surface area (Å²) in [4.78, 5) is 12.3. The Kier molecular flexibility index (Phi) is 7.71. The lowest BCUT2D eigenvalue weighted by molar-refractivity contribution is -0.119. The molecule has 0 atom stereocenters. The second kappa shape index (κ2) is 9.80. The monoisotopic (exact) mass is 424 g/mol. The van der Waals surface area contributed by atoms with Crippen molar-refractivity contribution in [3.05, 3.63) is 58.6 Å². The molecule has 6 nitrogen and oxygen atoms in total. The zero-order valence-electron chi connectivity index (χ0n) is 16.2. The normalized spacial score (nSPS) is 11.1. The zero-order valence-corrected chi connectivity index (χ0v) is 17.8. The maximum Gasteiger partial charge on any atom is 0.240 e. The van der Waals surface area contributed by atoms with Crippen LogP contribution in [-0.2, 0) is 21.2 Å². The summed E-state index contributed by atoms with van der Waals surface area (Å²) < 4.78 is 30.4. The molecule has 0 bridgehead atoms. The van der Waals surface area contributed by atoms with Crippen LogP contribution in [0.2, 0.25) is 5.02 Å². The molecule has 2 aromatic carbocycles.